The molecule has 0 saturated carbocycles. The van der Waals surface area contributed by atoms with Crippen LogP contribution in [0.1, 0.15) is 42.3 Å². The van der Waals surface area contributed by atoms with E-state index in [0.717, 1.165) is 36.2 Å². The fraction of sp³-hybridized carbons (Fsp3) is 0.500. The normalized spacial score (nSPS) is 17.3. The molecule has 1 aromatic heterocycles. The number of likely N-dealkylation sites (tertiary alicyclic amines) is 1. The molecular weight excluding hydrogens is 332 g/mol. The molecule has 1 aliphatic rings. The Hall–Kier alpha value is -2.50. The number of furan rings is 1. The van der Waals surface area contributed by atoms with Crippen molar-refractivity contribution in [2.24, 2.45) is 5.92 Å². The van der Waals surface area contributed by atoms with Gasteiger partial charge in [0.2, 0.25) is 5.91 Å². The van der Waals surface area contributed by atoms with Crippen molar-refractivity contribution >= 4 is 22.8 Å². The zero-order valence-corrected chi connectivity index (χ0v) is 15.6. The number of hydrogen-bond acceptors (Lipinski definition) is 4. The molecule has 1 N–H and O–H groups in total. The Morgan fingerprint density at radius 3 is 2.92 bits per heavy atom. The van der Waals surface area contributed by atoms with Gasteiger partial charge in [0.1, 0.15) is 11.3 Å². The Kier molecular flexibility index (Phi) is 5.49. The highest BCUT2D eigenvalue weighted by Crippen LogP contribution is 2.28. The average Bonchev–Trinajstić information content (AvgIpc) is 2.97. The van der Waals surface area contributed by atoms with E-state index in [2.05, 4.69) is 12.2 Å². The minimum Gasteiger partial charge on any atom is -0.497 e. The molecule has 1 aromatic carbocycles. The third-order valence-electron chi connectivity index (χ3n) is 4.98. The van der Waals surface area contributed by atoms with Gasteiger partial charge < -0.3 is 19.4 Å². The highest BCUT2D eigenvalue weighted by Gasteiger charge is 2.22. The summed E-state index contributed by atoms with van der Waals surface area (Å²) in [6, 6.07) is 5.44. The number of amides is 2. The van der Waals surface area contributed by atoms with Gasteiger partial charge in [0.15, 0.2) is 5.76 Å². The number of nitrogens with one attached hydrogen (secondary N) is 1. The first-order valence-electron chi connectivity index (χ1n) is 9.12. The molecule has 1 aliphatic heterocycles. The summed E-state index contributed by atoms with van der Waals surface area (Å²) in [5.74, 6) is 1.36. The van der Waals surface area contributed by atoms with Crippen molar-refractivity contribution < 1.29 is 18.7 Å². The predicted molar refractivity (Wildman–Crippen MR) is 99.4 cm³/mol. The molecule has 6 nitrogen and oxygen atoms in total. The van der Waals surface area contributed by atoms with Crippen LogP contribution in [0.2, 0.25) is 0 Å². The van der Waals surface area contributed by atoms with Gasteiger partial charge in [-0.3, -0.25) is 9.59 Å². The average molecular weight is 358 g/mol. The van der Waals surface area contributed by atoms with Crippen LogP contribution in [-0.2, 0) is 4.79 Å². The number of hydrogen-bond donors (Lipinski definition) is 1. The Morgan fingerprint density at radius 2 is 2.19 bits per heavy atom. The van der Waals surface area contributed by atoms with Crippen molar-refractivity contribution in [1.82, 2.24) is 10.2 Å². The van der Waals surface area contributed by atoms with Crippen molar-refractivity contribution in [2.75, 3.05) is 26.7 Å². The van der Waals surface area contributed by atoms with Crippen LogP contribution in [0.3, 0.4) is 0 Å². The quantitative estimate of drug-likeness (QED) is 0.891. The van der Waals surface area contributed by atoms with E-state index in [9.17, 15) is 9.59 Å². The number of piperidine rings is 1. The lowest BCUT2D eigenvalue weighted by molar-refractivity contribution is -0.132. The van der Waals surface area contributed by atoms with E-state index in [-0.39, 0.29) is 17.6 Å². The number of ether oxygens (including phenoxy) is 1. The Labute approximate surface area is 153 Å². The van der Waals surface area contributed by atoms with E-state index in [4.69, 9.17) is 9.15 Å². The largest absolute Gasteiger partial charge is 0.497 e. The van der Waals surface area contributed by atoms with Gasteiger partial charge in [-0.15, -0.1) is 0 Å². The fourth-order valence-corrected chi connectivity index (χ4v) is 3.48. The molecule has 1 unspecified atom stereocenters. The molecule has 2 heterocycles. The molecular formula is C20H26N2O4. The van der Waals surface area contributed by atoms with Crippen LogP contribution in [0, 0.1) is 12.8 Å². The molecule has 6 heteroatoms. The monoisotopic (exact) mass is 358 g/mol. The SMILES string of the molecule is COc1ccc2oc(C(=O)NCCC(=O)N3CCCC(C)C3)c(C)c2c1. The topological polar surface area (TPSA) is 71.8 Å². The second-order valence-electron chi connectivity index (χ2n) is 7.01. The zero-order chi connectivity index (χ0) is 18.7. The van der Waals surface area contributed by atoms with Crippen LogP contribution in [0.15, 0.2) is 22.6 Å². The highest BCUT2D eigenvalue weighted by molar-refractivity contribution is 5.99. The van der Waals surface area contributed by atoms with Crippen LogP contribution in [0.4, 0.5) is 0 Å². The van der Waals surface area contributed by atoms with Gasteiger partial charge in [-0.2, -0.15) is 0 Å². The summed E-state index contributed by atoms with van der Waals surface area (Å²) < 4.78 is 10.9. The molecule has 26 heavy (non-hydrogen) atoms. The summed E-state index contributed by atoms with van der Waals surface area (Å²) in [4.78, 5) is 26.6. The number of carbonyl (C=O) groups is 2. The summed E-state index contributed by atoms with van der Waals surface area (Å²) in [7, 11) is 1.60. The van der Waals surface area contributed by atoms with Gasteiger partial charge in [-0.25, -0.2) is 0 Å². The minimum atomic E-state index is -0.294. The summed E-state index contributed by atoms with van der Waals surface area (Å²) in [5.41, 5.74) is 1.42. The molecule has 0 bridgehead atoms. The summed E-state index contributed by atoms with van der Waals surface area (Å²) in [6.07, 6.45) is 2.54. The van der Waals surface area contributed by atoms with Crippen molar-refractivity contribution in [3.05, 3.63) is 29.5 Å². The first-order chi connectivity index (χ1) is 12.5. The molecule has 1 atom stereocenters. The Bertz CT molecular complexity index is 811. The lowest BCUT2D eigenvalue weighted by atomic mass is 10.00. The predicted octanol–water partition coefficient (Wildman–Crippen LogP) is 3.13. The minimum absolute atomic E-state index is 0.0999. The summed E-state index contributed by atoms with van der Waals surface area (Å²) in [6.45, 7) is 5.96. The van der Waals surface area contributed by atoms with E-state index in [0.29, 0.717) is 24.5 Å². The number of methoxy groups -OCH3 is 1. The number of benzene rings is 1. The van der Waals surface area contributed by atoms with Gasteiger partial charge >= 0.3 is 0 Å². The molecule has 1 saturated heterocycles. The maximum Gasteiger partial charge on any atom is 0.287 e. The molecule has 0 radical (unpaired) electrons. The van der Waals surface area contributed by atoms with Gasteiger partial charge in [0.25, 0.3) is 5.91 Å². The van der Waals surface area contributed by atoms with Crippen LogP contribution in [-0.4, -0.2) is 43.5 Å². The lowest BCUT2D eigenvalue weighted by Gasteiger charge is -2.31. The number of fused-ring (bicyclic) bond motifs is 1. The maximum atomic E-state index is 12.4. The van der Waals surface area contributed by atoms with Crippen LogP contribution < -0.4 is 10.1 Å². The van der Waals surface area contributed by atoms with Gasteiger partial charge in [-0.05, 0) is 43.9 Å². The van der Waals surface area contributed by atoms with E-state index >= 15 is 0 Å². The van der Waals surface area contributed by atoms with Crippen molar-refractivity contribution in [2.45, 2.75) is 33.1 Å². The first kappa shape index (κ1) is 18.3. The van der Waals surface area contributed by atoms with E-state index in [1.807, 2.05) is 17.9 Å². The molecule has 1 fully saturated rings. The van der Waals surface area contributed by atoms with E-state index in [1.54, 1.807) is 19.2 Å². The summed E-state index contributed by atoms with van der Waals surface area (Å²) in [5, 5.41) is 3.65. The molecule has 3 rings (SSSR count). The smallest absolute Gasteiger partial charge is 0.287 e. The first-order valence-corrected chi connectivity index (χ1v) is 9.12. The number of carbonyl (C=O) groups excluding carboxylic acids is 2. The molecule has 140 valence electrons. The zero-order valence-electron chi connectivity index (χ0n) is 15.6. The number of rotatable bonds is 5. The maximum absolute atomic E-state index is 12.4. The van der Waals surface area contributed by atoms with Gasteiger partial charge in [-0.1, -0.05) is 6.92 Å². The fourth-order valence-electron chi connectivity index (χ4n) is 3.48. The Morgan fingerprint density at radius 1 is 1.38 bits per heavy atom. The second-order valence-corrected chi connectivity index (χ2v) is 7.01. The summed E-state index contributed by atoms with van der Waals surface area (Å²) >= 11 is 0. The number of aryl methyl sites for hydroxylation is 1. The third kappa shape index (κ3) is 3.84. The van der Waals surface area contributed by atoms with Crippen molar-refractivity contribution in [3.8, 4) is 5.75 Å². The standard InChI is InChI=1S/C20H26N2O4/c1-13-5-4-10-22(12-13)18(23)8-9-21-20(24)19-14(2)16-11-15(25-3)6-7-17(16)26-19/h6-7,11,13H,4-5,8-10,12H2,1-3H3,(H,21,24). The van der Waals surface area contributed by atoms with Crippen molar-refractivity contribution in [1.29, 1.82) is 0 Å². The molecule has 2 aromatic rings. The third-order valence-corrected chi connectivity index (χ3v) is 4.98. The number of nitrogens with zero attached hydrogens (tertiary/aromatic N) is 1. The van der Waals surface area contributed by atoms with Crippen LogP contribution in [0.25, 0.3) is 11.0 Å². The Balaban J connectivity index is 1.59. The molecule has 0 spiro atoms. The second kappa shape index (κ2) is 7.81. The van der Waals surface area contributed by atoms with Crippen LogP contribution >= 0.6 is 0 Å². The lowest BCUT2D eigenvalue weighted by Crippen LogP contribution is -2.40. The van der Waals surface area contributed by atoms with Crippen LogP contribution in [0.5, 0.6) is 5.75 Å². The van der Waals surface area contributed by atoms with Gasteiger partial charge in [0.05, 0.1) is 7.11 Å². The molecule has 0 aliphatic carbocycles. The van der Waals surface area contributed by atoms with Crippen molar-refractivity contribution in [3.63, 3.8) is 0 Å². The molecule has 2 amide bonds. The van der Waals surface area contributed by atoms with E-state index < -0.39 is 0 Å². The van der Waals surface area contributed by atoms with Gasteiger partial charge in [0, 0.05) is 37.0 Å². The van der Waals surface area contributed by atoms with E-state index in [1.165, 1.54) is 6.42 Å². The highest BCUT2D eigenvalue weighted by atomic mass is 16.5.